The van der Waals surface area contributed by atoms with Gasteiger partial charge in [0.15, 0.2) is 5.79 Å². The van der Waals surface area contributed by atoms with Crippen molar-refractivity contribution in [3.8, 4) is 0 Å². The molecule has 3 aliphatic rings. The molecule has 1 saturated carbocycles. The zero-order chi connectivity index (χ0) is 20.9. The maximum absolute atomic E-state index is 9.78. The van der Waals surface area contributed by atoms with Crippen molar-refractivity contribution in [2.45, 2.75) is 70.1 Å². The monoisotopic (exact) mass is 411 g/mol. The molecule has 2 aliphatic carbocycles. The summed E-state index contributed by atoms with van der Waals surface area (Å²) in [5.41, 5.74) is 2.69. The van der Waals surface area contributed by atoms with Crippen molar-refractivity contribution in [1.82, 2.24) is 15.0 Å². The van der Waals surface area contributed by atoms with Crippen molar-refractivity contribution in [3.05, 3.63) is 41.2 Å². The van der Waals surface area contributed by atoms with Crippen LogP contribution in [0.5, 0.6) is 0 Å². The lowest BCUT2D eigenvalue weighted by molar-refractivity contribution is -0.158. The van der Waals surface area contributed by atoms with Gasteiger partial charge in [-0.25, -0.2) is 0 Å². The maximum atomic E-state index is 9.78. The van der Waals surface area contributed by atoms with Crippen LogP contribution in [0.1, 0.15) is 49.7 Å². The summed E-state index contributed by atoms with van der Waals surface area (Å²) in [6, 6.07) is 8.68. The van der Waals surface area contributed by atoms with Crippen molar-refractivity contribution in [2.75, 3.05) is 17.2 Å². The predicted molar refractivity (Wildman–Crippen MR) is 112 cm³/mol. The minimum atomic E-state index is -0.652. The molecule has 1 saturated heterocycles. The summed E-state index contributed by atoms with van der Waals surface area (Å²) in [6.07, 6.45) is 2.55. The summed E-state index contributed by atoms with van der Waals surface area (Å²) >= 11 is 0. The van der Waals surface area contributed by atoms with Crippen molar-refractivity contribution >= 4 is 11.9 Å². The molecule has 0 unspecified atom stereocenters. The molecule has 30 heavy (non-hydrogen) atoms. The molecular formula is C22H29N5O3. The van der Waals surface area contributed by atoms with Crippen LogP contribution < -0.4 is 10.6 Å². The number of rotatable bonds is 5. The Labute approximate surface area is 176 Å². The van der Waals surface area contributed by atoms with Gasteiger partial charge in [-0.1, -0.05) is 24.3 Å². The van der Waals surface area contributed by atoms with Crippen molar-refractivity contribution in [1.29, 1.82) is 0 Å². The van der Waals surface area contributed by atoms with E-state index in [0.717, 1.165) is 19.3 Å². The molecule has 3 N–H and O–H groups in total. The van der Waals surface area contributed by atoms with Crippen molar-refractivity contribution in [2.24, 2.45) is 5.92 Å². The molecule has 5 rings (SSSR count). The Morgan fingerprint density at radius 3 is 2.60 bits per heavy atom. The number of hydrogen-bond acceptors (Lipinski definition) is 8. The Morgan fingerprint density at radius 2 is 1.80 bits per heavy atom. The average molecular weight is 412 g/mol. The van der Waals surface area contributed by atoms with E-state index in [1.54, 1.807) is 0 Å². The maximum Gasteiger partial charge on any atom is 0.228 e. The zero-order valence-corrected chi connectivity index (χ0v) is 17.6. The highest BCUT2D eigenvalue weighted by atomic mass is 16.8. The number of anilines is 2. The summed E-state index contributed by atoms with van der Waals surface area (Å²) in [7, 11) is 0. The van der Waals surface area contributed by atoms with Gasteiger partial charge in [-0.3, -0.25) is 0 Å². The molecule has 1 aromatic carbocycles. The average Bonchev–Trinajstić information content (AvgIpc) is 3.33. The number of fused-ring (bicyclic) bond motifs is 2. The fourth-order valence-electron chi connectivity index (χ4n) is 5.05. The molecule has 1 aliphatic heterocycles. The summed E-state index contributed by atoms with van der Waals surface area (Å²) < 4.78 is 12.1. The molecule has 8 nitrogen and oxygen atoms in total. The van der Waals surface area contributed by atoms with Gasteiger partial charge in [-0.15, -0.1) is 0 Å². The first-order chi connectivity index (χ1) is 14.4. The van der Waals surface area contributed by atoms with Gasteiger partial charge in [0, 0.05) is 12.5 Å². The number of ether oxygens (including phenoxy) is 2. The fraction of sp³-hybridized carbons (Fsp3) is 0.591. The topological polar surface area (TPSA) is 101 Å². The summed E-state index contributed by atoms with van der Waals surface area (Å²) in [6.45, 7) is 5.76. The number of hydrogen-bond donors (Lipinski definition) is 3. The van der Waals surface area contributed by atoms with E-state index in [0.29, 0.717) is 17.7 Å². The highest BCUT2D eigenvalue weighted by Gasteiger charge is 2.53. The van der Waals surface area contributed by atoms with Crippen molar-refractivity contribution in [3.63, 3.8) is 0 Å². The molecule has 0 amide bonds. The highest BCUT2D eigenvalue weighted by Crippen LogP contribution is 2.42. The van der Waals surface area contributed by atoms with Gasteiger partial charge < -0.3 is 25.2 Å². The normalized spacial score (nSPS) is 31.4. The fourth-order valence-corrected chi connectivity index (χ4v) is 5.05. The third kappa shape index (κ3) is 3.64. The molecule has 0 bridgehead atoms. The van der Waals surface area contributed by atoms with Crippen LogP contribution in [-0.2, 0) is 15.9 Å². The lowest BCUT2D eigenvalue weighted by Gasteiger charge is -2.23. The minimum absolute atomic E-state index is 0.0317. The van der Waals surface area contributed by atoms with Crippen LogP contribution in [0, 0.1) is 12.8 Å². The van der Waals surface area contributed by atoms with E-state index in [-0.39, 0.29) is 36.8 Å². The van der Waals surface area contributed by atoms with Gasteiger partial charge in [0.2, 0.25) is 11.9 Å². The van der Waals surface area contributed by atoms with E-state index in [4.69, 9.17) is 9.47 Å². The third-order valence-corrected chi connectivity index (χ3v) is 6.31. The molecule has 8 heteroatoms. The third-order valence-electron chi connectivity index (χ3n) is 6.31. The van der Waals surface area contributed by atoms with Gasteiger partial charge in [-0.05, 0) is 51.2 Å². The second-order valence-corrected chi connectivity index (χ2v) is 8.96. The molecule has 0 radical (unpaired) electrons. The van der Waals surface area contributed by atoms with E-state index in [2.05, 4.69) is 49.9 Å². The van der Waals surface area contributed by atoms with Crippen LogP contribution in [0.25, 0.3) is 0 Å². The first-order valence-corrected chi connectivity index (χ1v) is 10.7. The van der Waals surface area contributed by atoms with Crippen LogP contribution in [-0.4, -0.2) is 50.7 Å². The van der Waals surface area contributed by atoms with Crippen LogP contribution >= 0.6 is 0 Å². The smallest absolute Gasteiger partial charge is 0.228 e. The number of aliphatic hydroxyl groups is 1. The van der Waals surface area contributed by atoms with E-state index in [9.17, 15) is 5.11 Å². The minimum Gasteiger partial charge on any atom is -0.396 e. The number of aliphatic hydroxyl groups excluding tert-OH is 1. The molecule has 2 heterocycles. The number of aryl methyl sites for hydroxylation is 2. The zero-order valence-electron chi connectivity index (χ0n) is 17.6. The van der Waals surface area contributed by atoms with E-state index in [1.165, 1.54) is 11.1 Å². The lowest BCUT2D eigenvalue weighted by atomic mass is 10.1. The van der Waals surface area contributed by atoms with Gasteiger partial charge in [0.05, 0.1) is 18.2 Å². The van der Waals surface area contributed by atoms with Gasteiger partial charge in [-0.2, -0.15) is 15.0 Å². The van der Waals surface area contributed by atoms with E-state index >= 15 is 0 Å². The molecule has 2 aromatic rings. The largest absolute Gasteiger partial charge is 0.396 e. The molecular weight excluding hydrogens is 382 g/mol. The summed E-state index contributed by atoms with van der Waals surface area (Å²) in [4.78, 5) is 13.6. The molecule has 5 atom stereocenters. The van der Waals surface area contributed by atoms with E-state index in [1.807, 2.05) is 20.8 Å². The first-order valence-electron chi connectivity index (χ1n) is 10.7. The quantitative estimate of drug-likeness (QED) is 0.690. The van der Waals surface area contributed by atoms with Gasteiger partial charge >= 0.3 is 0 Å². The first kappa shape index (κ1) is 19.7. The van der Waals surface area contributed by atoms with Gasteiger partial charge in [0.25, 0.3) is 0 Å². The Bertz CT molecular complexity index is 937. The summed E-state index contributed by atoms with van der Waals surface area (Å²) in [5.74, 6) is 1.12. The van der Waals surface area contributed by atoms with Gasteiger partial charge in [0.1, 0.15) is 11.9 Å². The van der Waals surface area contributed by atoms with E-state index < -0.39 is 5.79 Å². The Balaban J connectivity index is 1.33. The van der Waals surface area contributed by atoms with Crippen LogP contribution in [0.3, 0.4) is 0 Å². The van der Waals surface area contributed by atoms with Crippen LogP contribution in [0.15, 0.2) is 24.3 Å². The molecule has 1 aromatic heterocycles. The number of benzene rings is 1. The highest BCUT2D eigenvalue weighted by molar-refractivity contribution is 5.43. The second kappa shape index (κ2) is 7.44. The Kier molecular flexibility index (Phi) is 4.88. The molecule has 2 fully saturated rings. The standard InChI is InChI=1S/C22H29N5O3/c1-12-23-20(25-16-9-8-13-6-4-5-7-15(13)16)27-21(24-12)26-17-10-14(11-28)18-19(17)30-22(2,3)29-18/h4-7,14,16-19,28H,8-11H2,1-3H3,(H2,23,24,25,26,27)/t14-,16+,17-,18-,19+/m1/s1. The number of nitrogens with one attached hydrogen (secondary N) is 2. The SMILES string of the molecule is Cc1nc(N[C@H]2CCc3ccccc32)nc(N[C@@H]2C[C@H](CO)[C@H]3OC(C)(C)O[C@H]32)n1. The Morgan fingerprint density at radius 1 is 1.07 bits per heavy atom. The Hall–Kier alpha value is -2.29. The second-order valence-electron chi connectivity index (χ2n) is 8.96. The number of aromatic nitrogens is 3. The van der Waals surface area contributed by atoms with Crippen LogP contribution in [0.2, 0.25) is 0 Å². The summed E-state index contributed by atoms with van der Waals surface area (Å²) in [5, 5.41) is 16.7. The molecule has 0 spiro atoms. The number of nitrogens with zero attached hydrogens (tertiary/aromatic N) is 3. The molecule has 160 valence electrons. The predicted octanol–water partition coefficient (Wildman–Crippen LogP) is 2.59. The lowest BCUT2D eigenvalue weighted by Crippen LogP contribution is -2.35. The van der Waals surface area contributed by atoms with Crippen LogP contribution in [0.4, 0.5) is 11.9 Å². The van der Waals surface area contributed by atoms with Crippen molar-refractivity contribution < 1.29 is 14.6 Å².